The lowest BCUT2D eigenvalue weighted by Gasteiger charge is -2.71. The van der Waals surface area contributed by atoms with Crippen molar-refractivity contribution in [3.63, 3.8) is 0 Å². The zero-order valence-corrected chi connectivity index (χ0v) is 22.6. The van der Waals surface area contributed by atoms with Gasteiger partial charge in [0.1, 0.15) is 5.41 Å². The minimum atomic E-state index is -1.04. The first-order chi connectivity index (χ1) is 15.6. The molecule has 4 saturated carbocycles. The van der Waals surface area contributed by atoms with Crippen LogP contribution in [0.4, 0.5) is 0 Å². The van der Waals surface area contributed by atoms with Gasteiger partial charge < -0.3 is 15.3 Å². The van der Waals surface area contributed by atoms with Crippen LogP contribution in [0.1, 0.15) is 106 Å². The van der Waals surface area contributed by atoms with Gasteiger partial charge in [-0.3, -0.25) is 4.79 Å². The van der Waals surface area contributed by atoms with Crippen molar-refractivity contribution in [3.8, 4) is 0 Å². The highest BCUT2D eigenvalue weighted by Crippen LogP contribution is 2.75. The number of fused-ring (bicyclic) bond motifs is 7. The van der Waals surface area contributed by atoms with Crippen molar-refractivity contribution in [1.82, 2.24) is 0 Å². The smallest absolute Gasteiger partial charge is 0.312 e. The zero-order chi connectivity index (χ0) is 25.1. The van der Waals surface area contributed by atoms with E-state index in [1.807, 2.05) is 0 Å². The molecule has 5 rings (SSSR count). The van der Waals surface area contributed by atoms with Crippen molar-refractivity contribution in [2.45, 2.75) is 118 Å². The number of rotatable bonds is 1. The largest absolute Gasteiger partial charge is 0.481 e. The predicted octanol–water partition coefficient (Wildman–Crippen LogP) is 6.20. The van der Waals surface area contributed by atoms with Crippen LogP contribution in [-0.4, -0.2) is 33.5 Å². The molecule has 4 nitrogen and oxygen atoms in total. The third-order valence-corrected chi connectivity index (χ3v) is 13.1. The molecule has 0 saturated heterocycles. The molecule has 0 aromatic rings. The van der Waals surface area contributed by atoms with Crippen molar-refractivity contribution in [2.75, 3.05) is 0 Å². The minimum absolute atomic E-state index is 0.0218. The quantitative estimate of drug-likeness (QED) is 0.397. The highest BCUT2D eigenvalue weighted by molar-refractivity contribution is 5.77. The fraction of sp³-hybridized carbons (Fsp3) is 0.900. The number of hydrogen-bond donors (Lipinski definition) is 3. The molecule has 9 atom stereocenters. The first-order valence-electron chi connectivity index (χ1n) is 13.9. The van der Waals surface area contributed by atoms with Crippen LogP contribution in [0.15, 0.2) is 11.6 Å². The lowest BCUT2D eigenvalue weighted by Crippen LogP contribution is -2.67. The van der Waals surface area contributed by atoms with Crippen molar-refractivity contribution in [1.29, 1.82) is 0 Å². The third-order valence-electron chi connectivity index (χ3n) is 13.1. The molecule has 0 amide bonds. The Balaban J connectivity index is 1.63. The second-order valence-corrected chi connectivity index (χ2v) is 15.2. The molecule has 0 radical (unpaired) electrons. The van der Waals surface area contributed by atoms with Gasteiger partial charge in [-0.15, -0.1) is 0 Å². The topological polar surface area (TPSA) is 77.8 Å². The predicted molar refractivity (Wildman–Crippen MR) is 134 cm³/mol. The Morgan fingerprint density at radius 1 is 0.853 bits per heavy atom. The summed E-state index contributed by atoms with van der Waals surface area (Å²) in [5.74, 6) is 0.0888. The Morgan fingerprint density at radius 3 is 2.18 bits per heavy atom. The summed E-state index contributed by atoms with van der Waals surface area (Å²) in [6, 6.07) is 0. The maximum atomic E-state index is 12.8. The van der Waals surface area contributed by atoms with E-state index < -0.39 is 17.5 Å². The SMILES string of the molecule is CC1(C)CC[C@]2(C(=O)O)[C@H](C1)C1=CC[C@@H]3[C@]4(C)CC[C@H](O)C(C)(C)[C@@H]4CC[C@]3(C)[C@]1(C)C[C@@H]2O. The van der Waals surface area contributed by atoms with E-state index in [4.69, 9.17) is 0 Å². The standard InChI is InChI=1S/C30H48O4/c1-25(2)14-15-30(24(33)34)19(16-25)18-8-9-21-27(5)12-11-22(31)26(3,4)20(27)10-13-28(21,6)29(18,7)17-23(30)32/h8,19-23,31-32H,9-17H2,1-7H3,(H,33,34)/t19-,20+,21-,22+,23+,27-,28+,29-,30+/m1/s1. The summed E-state index contributed by atoms with van der Waals surface area (Å²) in [6.45, 7) is 16.4. The molecule has 4 heteroatoms. The summed E-state index contributed by atoms with van der Waals surface area (Å²) in [5.41, 5.74) is 0.295. The van der Waals surface area contributed by atoms with Crippen LogP contribution in [0, 0.1) is 50.2 Å². The van der Waals surface area contributed by atoms with E-state index >= 15 is 0 Å². The second-order valence-electron chi connectivity index (χ2n) is 15.2. The molecule has 0 aromatic heterocycles. The molecular formula is C30H48O4. The van der Waals surface area contributed by atoms with E-state index in [1.165, 1.54) is 5.57 Å². The van der Waals surface area contributed by atoms with Crippen LogP contribution >= 0.6 is 0 Å². The van der Waals surface area contributed by atoms with Gasteiger partial charge in [0.15, 0.2) is 0 Å². The number of allylic oxidation sites excluding steroid dienone is 2. The summed E-state index contributed by atoms with van der Waals surface area (Å²) < 4.78 is 0. The summed E-state index contributed by atoms with van der Waals surface area (Å²) in [4.78, 5) is 12.8. The molecule has 192 valence electrons. The lowest BCUT2D eigenvalue weighted by molar-refractivity contribution is -0.218. The van der Waals surface area contributed by atoms with Crippen molar-refractivity contribution < 1.29 is 20.1 Å². The summed E-state index contributed by atoms with van der Waals surface area (Å²) in [7, 11) is 0. The highest BCUT2D eigenvalue weighted by Gasteiger charge is 2.71. The lowest BCUT2D eigenvalue weighted by atomic mass is 9.33. The van der Waals surface area contributed by atoms with Crippen LogP contribution in [-0.2, 0) is 4.79 Å². The molecule has 4 fully saturated rings. The first-order valence-corrected chi connectivity index (χ1v) is 13.9. The van der Waals surface area contributed by atoms with E-state index in [-0.39, 0.29) is 39.1 Å². The molecule has 0 unspecified atom stereocenters. The number of carbonyl (C=O) groups is 1. The number of aliphatic hydroxyl groups is 2. The van der Waals surface area contributed by atoms with Crippen LogP contribution in [0.2, 0.25) is 0 Å². The van der Waals surface area contributed by atoms with Crippen molar-refractivity contribution in [2.24, 2.45) is 50.2 Å². The molecule has 0 aliphatic heterocycles. The molecule has 0 aromatic carbocycles. The van der Waals surface area contributed by atoms with Crippen molar-refractivity contribution in [3.05, 3.63) is 11.6 Å². The van der Waals surface area contributed by atoms with Crippen molar-refractivity contribution >= 4 is 5.97 Å². The fourth-order valence-corrected chi connectivity index (χ4v) is 10.7. The van der Waals surface area contributed by atoms with E-state index in [1.54, 1.807) is 0 Å². The highest BCUT2D eigenvalue weighted by atomic mass is 16.4. The van der Waals surface area contributed by atoms with E-state index in [2.05, 4.69) is 54.5 Å². The van der Waals surface area contributed by atoms with Crippen LogP contribution < -0.4 is 0 Å². The summed E-state index contributed by atoms with van der Waals surface area (Å²) >= 11 is 0. The van der Waals surface area contributed by atoms with E-state index in [9.17, 15) is 20.1 Å². The van der Waals surface area contributed by atoms with Crippen LogP contribution in [0.25, 0.3) is 0 Å². The number of hydrogen-bond acceptors (Lipinski definition) is 3. The van der Waals surface area contributed by atoms with Gasteiger partial charge in [-0.1, -0.05) is 60.1 Å². The maximum Gasteiger partial charge on any atom is 0.312 e. The van der Waals surface area contributed by atoms with E-state index in [0.717, 1.165) is 44.9 Å². The Bertz CT molecular complexity index is 919. The van der Waals surface area contributed by atoms with Gasteiger partial charge in [-0.2, -0.15) is 0 Å². The monoisotopic (exact) mass is 472 g/mol. The normalized spacial score (nSPS) is 53.4. The second kappa shape index (κ2) is 7.12. The molecule has 0 bridgehead atoms. The zero-order valence-electron chi connectivity index (χ0n) is 22.6. The number of carboxylic acid groups (broad SMARTS) is 1. The first kappa shape index (κ1) is 24.8. The summed E-state index contributed by atoms with van der Waals surface area (Å²) in [6.07, 6.45) is 9.35. The summed E-state index contributed by atoms with van der Waals surface area (Å²) in [5, 5.41) is 33.1. The van der Waals surface area contributed by atoms with E-state index in [0.29, 0.717) is 24.7 Å². The Morgan fingerprint density at radius 2 is 1.53 bits per heavy atom. The van der Waals surface area contributed by atoms with Gasteiger partial charge in [-0.25, -0.2) is 0 Å². The number of aliphatic carboxylic acids is 1. The molecule has 34 heavy (non-hydrogen) atoms. The molecule has 3 N–H and O–H groups in total. The van der Waals surface area contributed by atoms with Crippen LogP contribution in [0.5, 0.6) is 0 Å². The van der Waals surface area contributed by atoms with Crippen LogP contribution in [0.3, 0.4) is 0 Å². The average molecular weight is 473 g/mol. The molecule has 5 aliphatic carbocycles. The third kappa shape index (κ3) is 2.82. The number of aliphatic hydroxyl groups excluding tert-OH is 2. The van der Waals surface area contributed by atoms with Gasteiger partial charge in [0.05, 0.1) is 12.2 Å². The van der Waals surface area contributed by atoms with Gasteiger partial charge in [0.25, 0.3) is 0 Å². The molecule has 5 aliphatic rings. The number of carboxylic acids is 1. The molecule has 0 heterocycles. The van der Waals surface area contributed by atoms with Gasteiger partial charge in [-0.05, 0) is 103 Å². The molecular weight excluding hydrogens is 424 g/mol. The van der Waals surface area contributed by atoms with Gasteiger partial charge >= 0.3 is 5.97 Å². The Kier molecular flexibility index (Phi) is 5.20. The average Bonchev–Trinajstić information content (AvgIpc) is 2.71. The Hall–Kier alpha value is -0.870. The fourth-order valence-electron chi connectivity index (χ4n) is 10.7. The van der Waals surface area contributed by atoms with Gasteiger partial charge in [0.2, 0.25) is 0 Å². The minimum Gasteiger partial charge on any atom is -0.481 e. The maximum absolute atomic E-state index is 12.8. The molecule has 0 spiro atoms. The Labute approximate surface area is 206 Å². The van der Waals surface area contributed by atoms with Gasteiger partial charge in [0, 0.05) is 0 Å².